The van der Waals surface area contributed by atoms with Crippen LogP contribution in [0.2, 0.25) is 0 Å². The number of nitrogens with one attached hydrogen (secondary N) is 1. The minimum atomic E-state index is -3.78. The number of nitrogens with zero attached hydrogens (tertiary/aromatic N) is 1. The predicted molar refractivity (Wildman–Crippen MR) is 122 cm³/mol. The number of amides is 1. The molecule has 1 saturated heterocycles. The number of hydrogen-bond donors (Lipinski definition) is 1. The molecule has 4 rings (SSSR count). The molecule has 31 heavy (non-hydrogen) atoms. The fourth-order valence-electron chi connectivity index (χ4n) is 3.76. The highest BCUT2D eigenvalue weighted by Crippen LogP contribution is 2.35. The van der Waals surface area contributed by atoms with Gasteiger partial charge in [0.05, 0.1) is 17.5 Å². The van der Waals surface area contributed by atoms with Crippen LogP contribution < -0.4 is 9.46 Å². The van der Waals surface area contributed by atoms with E-state index < -0.39 is 10.0 Å². The minimum Gasteiger partial charge on any atom is -0.494 e. The number of carbonyl (C=O) groups is 1. The Morgan fingerprint density at radius 2 is 1.97 bits per heavy atom. The summed E-state index contributed by atoms with van der Waals surface area (Å²) in [5.74, 6) is 0.526. The van der Waals surface area contributed by atoms with Crippen molar-refractivity contribution in [1.82, 2.24) is 4.90 Å². The van der Waals surface area contributed by atoms with Gasteiger partial charge in [-0.2, -0.15) is 0 Å². The number of anilines is 1. The maximum atomic E-state index is 13.2. The van der Waals surface area contributed by atoms with E-state index in [1.165, 1.54) is 17.0 Å². The van der Waals surface area contributed by atoms with Gasteiger partial charge < -0.3 is 9.64 Å². The number of likely N-dealkylation sites (tertiary alicyclic amines) is 1. The van der Waals surface area contributed by atoms with E-state index in [9.17, 15) is 13.2 Å². The average Bonchev–Trinajstić information content (AvgIpc) is 3.45. The highest BCUT2D eigenvalue weighted by atomic mass is 32.2. The van der Waals surface area contributed by atoms with Gasteiger partial charge in [-0.15, -0.1) is 11.3 Å². The van der Waals surface area contributed by atoms with Crippen molar-refractivity contribution in [2.45, 2.75) is 30.7 Å². The Hall–Kier alpha value is -2.84. The van der Waals surface area contributed by atoms with Crippen LogP contribution in [0.25, 0.3) is 0 Å². The van der Waals surface area contributed by atoms with Crippen molar-refractivity contribution in [2.75, 3.05) is 17.9 Å². The van der Waals surface area contributed by atoms with E-state index in [1.807, 2.05) is 23.3 Å². The predicted octanol–water partition coefficient (Wildman–Crippen LogP) is 4.92. The first-order valence-electron chi connectivity index (χ1n) is 10.2. The highest BCUT2D eigenvalue weighted by molar-refractivity contribution is 7.92. The zero-order chi connectivity index (χ0) is 21.8. The third-order valence-corrected chi connectivity index (χ3v) is 7.56. The molecule has 0 spiro atoms. The molecule has 1 aliphatic rings. The summed E-state index contributed by atoms with van der Waals surface area (Å²) >= 11 is 1.65. The Bertz CT molecular complexity index is 1140. The summed E-state index contributed by atoms with van der Waals surface area (Å²) in [5, 5.41) is 2.02. The van der Waals surface area contributed by atoms with Crippen molar-refractivity contribution >= 4 is 33.0 Å². The lowest BCUT2D eigenvalue weighted by Gasteiger charge is -2.24. The number of ether oxygens (including phenoxy) is 1. The number of carbonyl (C=O) groups excluding carboxylic acids is 1. The lowest BCUT2D eigenvalue weighted by molar-refractivity contribution is 0.0738. The molecule has 6 nitrogen and oxygen atoms in total. The summed E-state index contributed by atoms with van der Waals surface area (Å²) in [7, 11) is -3.78. The second-order valence-corrected chi connectivity index (χ2v) is 9.92. The maximum Gasteiger partial charge on any atom is 0.261 e. The van der Waals surface area contributed by atoms with Gasteiger partial charge >= 0.3 is 0 Å². The summed E-state index contributed by atoms with van der Waals surface area (Å²) < 4.78 is 33.5. The van der Waals surface area contributed by atoms with E-state index in [4.69, 9.17) is 4.74 Å². The molecule has 2 heterocycles. The SMILES string of the molecule is CCOc1ccc(S(=O)(=O)Nc2cccc(C(=O)N3CCCC3c3cccs3)c2)cc1. The van der Waals surface area contributed by atoms with Crippen molar-refractivity contribution < 1.29 is 17.9 Å². The first-order valence-corrected chi connectivity index (χ1v) is 12.5. The van der Waals surface area contributed by atoms with Gasteiger partial charge in [-0.1, -0.05) is 12.1 Å². The van der Waals surface area contributed by atoms with E-state index in [1.54, 1.807) is 47.7 Å². The maximum absolute atomic E-state index is 13.2. The van der Waals surface area contributed by atoms with Crippen LogP contribution in [0.3, 0.4) is 0 Å². The van der Waals surface area contributed by atoms with E-state index in [-0.39, 0.29) is 16.8 Å². The molecule has 1 aromatic heterocycles. The third kappa shape index (κ3) is 4.75. The van der Waals surface area contributed by atoms with Gasteiger partial charge in [0.25, 0.3) is 15.9 Å². The van der Waals surface area contributed by atoms with Crippen LogP contribution in [0.1, 0.15) is 41.0 Å². The number of rotatable bonds is 7. The number of thiophene rings is 1. The molecule has 8 heteroatoms. The molecule has 2 aromatic carbocycles. The Morgan fingerprint density at radius 3 is 2.68 bits per heavy atom. The number of benzene rings is 2. The topological polar surface area (TPSA) is 75.7 Å². The van der Waals surface area contributed by atoms with Crippen molar-refractivity contribution in [3.8, 4) is 5.75 Å². The molecular weight excluding hydrogens is 432 g/mol. The largest absolute Gasteiger partial charge is 0.494 e. The zero-order valence-electron chi connectivity index (χ0n) is 17.2. The van der Waals surface area contributed by atoms with Crippen LogP contribution >= 0.6 is 11.3 Å². The molecule has 1 atom stereocenters. The molecule has 0 aliphatic carbocycles. The summed E-state index contributed by atoms with van der Waals surface area (Å²) in [6.07, 6.45) is 1.90. The molecule has 1 amide bonds. The van der Waals surface area contributed by atoms with Gasteiger partial charge in [0, 0.05) is 22.7 Å². The van der Waals surface area contributed by atoms with E-state index in [0.717, 1.165) is 12.8 Å². The van der Waals surface area contributed by atoms with Gasteiger partial charge in [0.1, 0.15) is 5.75 Å². The van der Waals surface area contributed by atoms with Gasteiger partial charge in [-0.3, -0.25) is 9.52 Å². The second kappa shape index (κ2) is 9.11. The Balaban J connectivity index is 1.52. The normalized spacial score (nSPS) is 16.3. The molecular formula is C23H24N2O4S2. The molecule has 0 bridgehead atoms. The summed E-state index contributed by atoms with van der Waals surface area (Å²) in [6, 6.07) is 17.0. The van der Waals surface area contributed by atoms with E-state index in [0.29, 0.717) is 30.2 Å². The molecule has 0 radical (unpaired) electrons. The van der Waals surface area contributed by atoms with Gasteiger partial charge in [0.2, 0.25) is 0 Å². The number of hydrogen-bond acceptors (Lipinski definition) is 5. The van der Waals surface area contributed by atoms with E-state index >= 15 is 0 Å². The molecule has 1 aliphatic heterocycles. The summed E-state index contributed by atoms with van der Waals surface area (Å²) in [6.45, 7) is 3.07. The van der Waals surface area contributed by atoms with Gasteiger partial charge in [0.15, 0.2) is 0 Å². The van der Waals surface area contributed by atoms with Crippen LogP contribution in [0, 0.1) is 0 Å². The van der Waals surface area contributed by atoms with Crippen LogP contribution in [0.5, 0.6) is 5.75 Å². The smallest absolute Gasteiger partial charge is 0.261 e. The highest BCUT2D eigenvalue weighted by Gasteiger charge is 2.31. The molecule has 1 unspecified atom stereocenters. The zero-order valence-corrected chi connectivity index (χ0v) is 18.8. The van der Waals surface area contributed by atoms with Crippen LogP contribution in [-0.2, 0) is 10.0 Å². The van der Waals surface area contributed by atoms with Crippen molar-refractivity contribution in [3.63, 3.8) is 0 Å². The number of sulfonamides is 1. The van der Waals surface area contributed by atoms with Crippen LogP contribution in [0.4, 0.5) is 5.69 Å². The van der Waals surface area contributed by atoms with Crippen molar-refractivity contribution in [2.24, 2.45) is 0 Å². The Morgan fingerprint density at radius 1 is 1.16 bits per heavy atom. The lowest BCUT2D eigenvalue weighted by Crippen LogP contribution is -2.30. The first kappa shape index (κ1) is 21.4. The second-order valence-electron chi connectivity index (χ2n) is 7.26. The molecule has 3 aromatic rings. The monoisotopic (exact) mass is 456 g/mol. The molecule has 1 fully saturated rings. The van der Waals surface area contributed by atoms with Crippen molar-refractivity contribution in [1.29, 1.82) is 0 Å². The lowest BCUT2D eigenvalue weighted by atomic mass is 10.1. The third-order valence-electron chi connectivity index (χ3n) is 5.19. The Kier molecular flexibility index (Phi) is 6.29. The summed E-state index contributed by atoms with van der Waals surface area (Å²) in [4.78, 5) is 16.4. The fourth-order valence-corrected chi connectivity index (χ4v) is 5.69. The molecule has 162 valence electrons. The molecule has 0 saturated carbocycles. The van der Waals surface area contributed by atoms with E-state index in [2.05, 4.69) is 10.8 Å². The molecule has 1 N–H and O–H groups in total. The average molecular weight is 457 g/mol. The quantitative estimate of drug-likeness (QED) is 0.547. The van der Waals surface area contributed by atoms with Gasteiger partial charge in [-0.25, -0.2) is 8.42 Å². The van der Waals surface area contributed by atoms with Crippen molar-refractivity contribution in [3.05, 3.63) is 76.5 Å². The Labute approximate surface area is 186 Å². The van der Waals surface area contributed by atoms with Crippen LogP contribution in [0.15, 0.2) is 70.9 Å². The first-order chi connectivity index (χ1) is 15.0. The van der Waals surface area contributed by atoms with Crippen LogP contribution in [-0.4, -0.2) is 32.4 Å². The van der Waals surface area contributed by atoms with Gasteiger partial charge in [-0.05, 0) is 73.7 Å². The fraction of sp³-hybridized carbons (Fsp3) is 0.261. The minimum absolute atomic E-state index is 0.0803. The standard InChI is InChI=1S/C23H24N2O4S2/c1-2-29-19-10-12-20(13-11-19)31(27,28)24-18-7-3-6-17(16-18)23(26)25-14-4-8-21(25)22-9-5-15-30-22/h3,5-7,9-13,15-16,21,24H,2,4,8,14H2,1H3. The summed E-state index contributed by atoms with van der Waals surface area (Å²) in [5.41, 5.74) is 0.821.